The molecule has 0 unspecified atom stereocenters. The van der Waals surface area contributed by atoms with E-state index in [1.54, 1.807) is 46.8 Å². The molecule has 1 aliphatic rings. The van der Waals surface area contributed by atoms with Gasteiger partial charge in [0.25, 0.3) is 5.91 Å². The van der Waals surface area contributed by atoms with Crippen LogP contribution >= 0.6 is 11.6 Å². The summed E-state index contributed by atoms with van der Waals surface area (Å²) in [6.07, 6.45) is 13.1. The van der Waals surface area contributed by atoms with Gasteiger partial charge in [0.1, 0.15) is 32.2 Å². The number of rotatable bonds is 51. The number of unbranched alkanes of at least 4 members (excludes halogenated alkanes) is 6. The van der Waals surface area contributed by atoms with Crippen LogP contribution in [0.1, 0.15) is 133 Å². The van der Waals surface area contributed by atoms with Crippen molar-refractivity contribution in [2.75, 3.05) is 138 Å². The Morgan fingerprint density at radius 3 is 1.75 bits per heavy atom. The van der Waals surface area contributed by atoms with E-state index in [-0.39, 0.29) is 89.2 Å². The van der Waals surface area contributed by atoms with Crippen LogP contribution in [0.2, 0.25) is 0 Å². The first-order valence-electron chi connectivity index (χ1n) is 28.4. The van der Waals surface area contributed by atoms with Crippen molar-refractivity contribution < 1.29 is 86.1 Å². The molecule has 1 aromatic carbocycles. The summed E-state index contributed by atoms with van der Waals surface area (Å²) < 4.78 is 52.2. The maximum atomic E-state index is 13.3. The lowest BCUT2D eigenvalue weighted by atomic mass is 10.0. The van der Waals surface area contributed by atoms with Gasteiger partial charge in [0, 0.05) is 96.0 Å². The number of Topliss-reactive ketones (excluding diaryl/α,β-unsaturated/α-hetero) is 1. The Labute approximate surface area is 483 Å². The van der Waals surface area contributed by atoms with E-state index in [1.807, 2.05) is 20.8 Å². The fourth-order valence-electron chi connectivity index (χ4n) is 6.88. The lowest BCUT2D eigenvalue weighted by Crippen LogP contribution is -2.40. The topological polar surface area (TPSA) is 296 Å². The SMILES string of the molecule is CCCC(=O)OC/C=C/COC(=O)NCCOCCOCCOC(=O)CCCOCCOCCCCCCCl.CCOCCOCCOC(=O)NCCN(CCC1(C)N=N1)C(=O)c1ccc(CC(=O)CCCCCCC(=O)NO)cc1. The molecule has 0 radical (unpaired) electrons. The molecule has 81 heavy (non-hydrogen) atoms. The lowest BCUT2D eigenvalue weighted by molar-refractivity contribution is -0.146. The molecule has 1 heterocycles. The van der Waals surface area contributed by atoms with Gasteiger partial charge >= 0.3 is 24.1 Å². The molecule has 0 saturated carbocycles. The van der Waals surface area contributed by atoms with Crippen molar-refractivity contribution in [1.82, 2.24) is 21.0 Å². The van der Waals surface area contributed by atoms with Crippen molar-refractivity contribution in [2.45, 2.75) is 129 Å². The Bertz CT molecular complexity index is 1890. The number of hydrogen-bond donors (Lipinski definition) is 4. The number of ether oxygens (including phenoxy) is 10. The van der Waals surface area contributed by atoms with Crippen LogP contribution in [0.3, 0.4) is 0 Å². The highest BCUT2D eigenvalue weighted by Gasteiger charge is 2.34. The smallest absolute Gasteiger partial charge is 0.407 e. The van der Waals surface area contributed by atoms with E-state index in [2.05, 4.69) is 20.9 Å². The number of esters is 2. The molecule has 0 aromatic heterocycles. The largest absolute Gasteiger partial charge is 0.463 e. The van der Waals surface area contributed by atoms with Crippen LogP contribution in [-0.2, 0) is 73.0 Å². The Hall–Kier alpha value is -5.34. The van der Waals surface area contributed by atoms with Gasteiger partial charge in [0.2, 0.25) is 5.91 Å². The monoisotopic (exact) mass is 1170 g/mol. The highest BCUT2D eigenvalue weighted by molar-refractivity contribution is 6.17. The minimum atomic E-state index is -0.585. The molecule has 1 aliphatic heterocycles. The minimum absolute atomic E-state index is 0.0796. The molecule has 0 bridgehead atoms. The average Bonchev–Trinajstić information content (AvgIpc) is 4.22. The normalized spacial score (nSPS) is 12.0. The third kappa shape index (κ3) is 45.9. The molecular weight excluding hydrogens is 1080 g/mol. The maximum absolute atomic E-state index is 13.3. The number of ketones is 1. The number of alkyl carbamates (subject to hydrolysis) is 2. The van der Waals surface area contributed by atoms with Gasteiger partial charge < -0.3 is 62.9 Å². The first-order valence-corrected chi connectivity index (χ1v) is 29.0. The number of amides is 4. The second kappa shape index (κ2) is 51.5. The first-order chi connectivity index (χ1) is 39.4. The zero-order valence-electron chi connectivity index (χ0n) is 48.2. The summed E-state index contributed by atoms with van der Waals surface area (Å²) in [6, 6.07) is 7.00. The van der Waals surface area contributed by atoms with Crippen LogP contribution in [0.15, 0.2) is 46.6 Å². The van der Waals surface area contributed by atoms with Gasteiger partial charge in [-0.2, -0.15) is 10.2 Å². The van der Waals surface area contributed by atoms with Crippen LogP contribution in [0.4, 0.5) is 9.59 Å². The summed E-state index contributed by atoms with van der Waals surface area (Å²) in [5, 5.41) is 21.7. The fraction of sp³-hybridized carbons (Fsp3) is 0.732. The molecule has 24 nitrogen and oxygen atoms in total. The Balaban J connectivity index is 0.000000813. The summed E-state index contributed by atoms with van der Waals surface area (Å²) in [6.45, 7) is 12.8. The number of nitrogens with one attached hydrogen (secondary N) is 3. The second-order valence-electron chi connectivity index (χ2n) is 18.5. The highest BCUT2D eigenvalue weighted by Crippen LogP contribution is 2.31. The molecular formula is C56H93ClN6O18. The predicted molar refractivity (Wildman–Crippen MR) is 300 cm³/mol. The molecule has 0 spiro atoms. The molecule has 4 N–H and O–H groups in total. The van der Waals surface area contributed by atoms with Crippen LogP contribution in [0.5, 0.6) is 0 Å². The number of hydrogen-bond acceptors (Lipinski definition) is 20. The van der Waals surface area contributed by atoms with Crippen LogP contribution in [-0.4, -0.2) is 195 Å². The molecule has 0 saturated heterocycles. The molecule has 4 amide bonds. The molecule has 25 heteroatoms. The summed E-state index contributed by atoms with van der Waals surface area (Å²) in [4.78, 5) is 84.7. The van der Waals surface area contributed by atoms with Crippen molar-refractivity contribution >= 4 is 53.3 Å². The number of carbonyl (C=O) groups is 7. The predicted octanol–water partition coefficient (Wildman–Crippen LogP) is 7.24. The summed E-state index contributed by atoms with van der Waals surface area (Å²) in [5.41, 5.74) is 2.46. The summed E-state index contributed by atoms with van der Waals surface area (Å²) >= 11 is 5.63. The Kier molecular flexibility index (Phi) is 46.9. The Morgan fingerprint density at radius 2 is 1.11 bits per heavy atom. The number of benzene rings is 1. The van der Waals surface area contributed by atoms with E-state index >= 15 is 0 Å². The number of halogens is 1. The van der Waals surface area contributed by atoms with Crippen LogP contribution < -0.4 is 16.1 Å². The van der Waals surface area contributed by atoms with E-state index in [1.165, 1.54) is 0 Å². The van der Waals surface area contributed by atoms with Crippen LogP contribution in [0.25, 0.3) is 0 Å². The van der Waals surface area contributed by atoms with Gasteiger partial charge in [-0.1, -0.05) is 44.7 Å². The van der Waals surface area contributed by atoms with Crippen molar-refractivity contribution in [3.8, 4) is 0 Å². The van der Waals surface area contributed by atoms with E-state index in [9.17, 15) is 33.6 Å². The van der Waals surface area contributed by atoms with E-state index < -0.39 is 23.8 Å². The number of hydroxylamine groups is 1. The number of carbonyl (C=O) groups excluding carboxylic acids is 7. The molecule has 2 rings (SSSR count). The lowest BCUT2D eigenvalue weighted by Gasteiger charge is -2.23. The van der Waals surface area contributed by atoms with Gasteiger partial charge in [-0.25, -0.2) is 15.1 Å². The number of nitrogens with zero attached hydrogens (tertiary/aromatic N) is 3. The van der Waals surface area contributed by atoms with Crippen molar-refractivity contribution in [2.24, 2.45) is 10.2 Å². The molecule has 0 aliphatic carbocycles. The summed E-state index contributed by atoms with van der Waals surface area (Å²) in [7, 11) is 0. The third-order valence-electron chi connectivity index (χ3n) is 11.5. The molecule has 462 valence electrons. The standard InChI is InChI=1S/C29H45N5O8.C27H48ClNO10/c1-3-40-18-19-41-20-21-42-28(38)30-15-17-34(16-14-29(2)32-33-29)27(37)24-12-10-23(11-13-24)22-25(35)8-6-4-5-7-9-26(36)31-39;1-2-10-25(30)37-16-7-8-17-39-27(32)29-13-18-35-21-22-36-23-24-38-26(31)11-9-15-34-20-19-33-14-6-4-3-5-12-28/h10-13,39H,3-9,14-22H2,1-2H3,(H,30,38)(H,31,36);7-8H,2-6,9-24H2,1H3,(H,29,32)/b;8-7+. The average molecular weight is 1170 g/mol. The van der Waals surface area contributed by atoms with Gasteiger partial charge in [0.05, 0.1) is 59.5 Å². The second-order valence-corrected chi connectivity index (χ2v) is 18.9. The van der Waals surface area contributed by atoms with Gasteiger partial charge in [-0.15, -0.1) is 11.6 Å². The Morgan fingerprint density at radius 1 is 0.568 bits per heavy atom. The fourth-order valence-corrected chi connectivity index (χ4v) is 7.07. The van der Waals surface area contributed by atoms with Crippen LogP contribution in [0, 0.1) is 0 Å². The van der Waals surface area contributed by atoms with Gasteiger partial charge in [-0.05, 0) is 82.2 Å². The van der Waals surface area contributed by atoms with Crippen molar-refractivity contribution in [3.63, 3.8) is 0 Å². The highest BCUT2D eigenvalue weighted by atomic mass is 35.5. The van der Waals surface area contributed by atoms with Crippen molar-refractivity contribution in [3.05, 3.63) is 47.5 Å². The number of alkyl halides is 1. The van der Waals surface area contributed by atoms with E-state index in [0.29, 0.717) is 117 Å². The molecule has 0 atom stereocenters. The van der Waals surface area contributed by atoms with E-state index in [0.717, 1.165) is 69.4 Å². The van der Waals surface area contributed by atoms with Gasteiger partial charge in [-0.3, -0.25) is 29.2 Å². The molecule has 0 fully saturated rings. The maximum Gasteiger partial charge on any atom is 0.407 e. The minimum Gasteiger partial charge on any atom is -0.463 e. The summed E-state index contributed by atoms with van der Waals surface area (Å²) in [5.74, 6) is -0.288. The van der Waals surface area contributed by atoms with Gasteiger partial charge in [0.15, 0.2) is 5.66 Å². The van der Waals surface area contributed by atoms with Crippen molar-refractivity contribution in [1.29, 1.82) is 0 Å². The quantitative estimate of drug-likeness (QED) is 0.00950. The third-order valence-corrected chi connectivity index (χ3v) is 11.7. The molecule has 1 aromatic rings. The van der Waals surface area contributed by atoms with E-state index in [4.69, 9.17) is 64.2 Å². The zero-order valence-corrected chi connectivity index (χ0v) is 49.0. The first kappa shape index (κ1) is 73.7. The zero-order chi connectivity index (χ0) is 59.3.